The van der Waals surface area contributed by atoms with Gasteiger partial charge in [-0.05, 0) is 25.1 Å². The van der Waals surface area contributed by atoms with E-state index in [2.05, 4.69) is 15.4 Å². The molecule has 3 heterocycles. The molecule has 1 aliphatic heterocycles. The molecular formula is C17H16F2N4O2. The minimum absolute atomic E-state index is 0.434. The Balaban J connectivity index is 1.94. The van der Waals surface area contributed by atoms with Gasteiger partial charge in [0.05, 0.1) is 30.6 Å². The molecule has 1 saturated heterocycles. The molecule has 4 rings (SSSR count). The van der Waals surface area contributed by atoms with Gasteiger partial charge in [0, 0.05) is 18.0 Å². The molecule has 1 atom stereocenters. The lowest BCUT2D eigenvalue weighted by Gasteiger charge is -2.11. The lowest BCUT2D eigenvalue weighted by atomic mass is 10.1. The van der Waals surface area contributed by atoms with Crippen LogP contribution in [0.2, 0.25) is 0 Å². The Hall–Kier alpha value is -2.58. The zero-order valence-electron chi connectivity index (χ0n) is 13.7. The van der Waals surface area contributed by atoms with E-state index in [1.54, 1.807) is 19.2 Å². The first-order chi connectivity index (χ1) is 12.1. The Bertz CT molecular complexity index is 951. The van der Waals surface area contributed by atoms with Gasteiger partial charge in [-0.25, -0.2) is 18.4 Å². The van der Waals surface area contributed by atoms with Gasteiger partial charge < -0.3 is 9.47 Å². The first-order valence-electron chi connectivity index (χ1n) is 7.82. The summed E-state index contributed by atoms with van der Waals surface area (Å²) in [7, 11) is 1.56. The number of methoxy groups -OCH3 is 1. The monoisotopic (exact) mass is 346 g/mol. The molecule has 0 saturated carbocycles. The molecule has 6 nitrogen and oxygen atoms in total. The molecule has 3 aromatic rings. The van der Waals surface area contributed by atoms with E-state index in [1.807, 2.05) is 6.92 Å². The van der Waals surface area contributed by atoms with Crippen LogP contribution in [0.4, 0.5) is 8.78 Å². The highest BCUT2D eigenvalue weighted by atomic mass is 19.2. The third kappa shape index (κ3) is 2.63. The maximum Gasteiger partial charge on any atom is 0.206 e. The predicted octanol–water partition coefficient (Wildman–Crippen LogP) is 2.77. The number of benzene rings is 1. The highest BCUT2D eigenvalue weighted by Crippen LogP contribution is 2.32. The minimum Gasteiger partial charge on any atom is -0.495 e. The van der Waals surface area contributed by atoms with Crippen LogP contribution in [0, 0.1) is 18.6 Å². The number of hydrogen-bond donors (Lipinski definition) is 1. The summed E-state index contributed by atoms with van der Waals surface area (Å²) in [5.74, 6) is -1.22. The number of ether oxygens (including phenoxy) is 2. The highest BCUT2D eigenvalue weighted by molar-refractivity contribution is 5.92. The molecule has 1 N–H and O–H groups in total. The number of rotatable bonds is 3. The molecule has 0 spiro atoms. The average Bonchev–Trinajstić information content (AvgIpc) is 3.23. The van der Waals surface area contributed by atoms with Gasteiger partial charge in [0.15, 0.2) is 11.6 Å². The standard InChI is InChI=1S/C17H16F2N4O2/c1-9-15(24-2)4-3-13(21-9)16-10-7-11(18)12(19)8-14(10)23(22-16)17-20-5-6-25-17/h3-4,7-8,17,20H,5-6H2,1-2H3. The quantitative estimate of drug-likeness (QED) is 0.790. The molecule has 0 aliphatic carbocycles. The molecule has 0 amide bonds. The molecule has 130 valence electrons. The van der Waals surface area contributed by atoms with E-state index < -0.39 is 18.0 Å². The number of hydrogen-bond acceptors (Lipinski definition) is 5. The van der Waals surface area contributed by atoms with Crippen molar-refractivity contribution in [3.05, 3.63) is 41.6 Å². The summed E-state index contributed by atoms with van der Waals surface area (Å²) in [5.41, 5.74) is 2.12. The fourth-order valence-corrected chi connectivity index (χ4v) is 2.96. The molecule has 2 aromatic heterocycles. The summed E-state index contributed by atoms with van der Waals surface area (Å²) in [5, 5.41) is 8.09. The van der Waals surface area contributed by atoms with Crippen molar-refractivity contribution >= 4 is 10.9 Å². The van der Waals surface area contributed by atoms with Crippen molar-refractivity contribution in [1.29, 1.82) is 0 Å². The van der Waals surface area contributed by atoms with Crippen molar-refractivity contribution in [2.75, 3.05) is 20.3 Å². The largest absolute Gasteiger partial charge is 0.495 e. The van der Waals surface area contributed by atoms with Gasteiger partial charge in [0.1, 0.15) is 11.4 Å². The van der Waals surface area contributed by atoms with Gasteiger partial charge in [-0.3, -0.25) is 5.32 Å². The minimum atomic E-state index is -0.933. The molecule has 0 radical (unpaired) electrons. The number of pyridine rings is 1. The van der Waals surface area contributed by atoms with Gasteiger partial charge in [0.25, 0.3) is 0 Å². The van der Waals surface area contributed by atoms with Crippen molar-refractivity contribution in [1.82, 2.24) is 20.1 Å². The molecular weight excluding hydrogens is 330 g/mol. The van der Waals surface area contributed by atoms with E-state index in [-0.39, 0.29) is 0 Å². The highest BCUT2D eigenvalue weighted by Gasteiger charge is 2.24. The van der Waals surface area contributed by atoms with E-state index in [1.165, 1.54) is 4.68 Å². The summed E-state index contributed by atoms with van der Waals surface area (Å²) in [4.78, 5) is 4.48. The van der Waals surface area contributed by atoms with Crippen LogP contribution in [0.15, 0.2) is 24.3 Å². The maximum atomic E-state index is 13.8. The van der Waals surface area contributed by atoms with Crippen molar-refractivity contribution < 1.29 is 18.3 Å². The number of aryl methyl sites for hydroxylation is 1. The van der Waals surface area contributed by atoms with Crippen LogP contribution in [0.25, 0.3) is 22.3 Å². The smallest absolute Gasteiger partial charge is 0.206 e. The van der Waals surface area contributed by atoms with Gasteiger partial charge >= 0.3 is 0 Å². The molecule has 1 unspecified atom stereocenters. The van der Waals surface area contributed by atoms with Crippen LogP contribution < -0.4 is 10.1 Å². The Labute approximate surface area is 142 Å². The van der Waals surface area contributed by atoms with Crippen LogP contribution in [-0.4, -0.2) is 35.0 Å². The van der Waals surface area contributed by atoms with Crippen LogP contribution in [0.3, 0.4) is 0 Å². The topological polar surface area (TPSA) is 61.2 Å². The molecule has 0 bridgehead atoms. The lowest BCUT2D eigenvalue weighted by Crippen LogP contribution is -2.22. The van der Waals surface area contributed by atoms with Gasteiger partial charge in [-0.2, -0.15) is 5.10 Å². The van der Waals surface area contributed by atoms with Crippen LogP contribution in [0.1, 0.15) is 12.0 Å². The Morgan fingerprint density at radius 2 is 2.08 bits per heavy atom. The van der Waals surface area contributed by atoms with Gasteiger partial charge in [-0.1, -0.05) is 0 Å². The summed E-state index contributed by atoms with van der Waals surface area (Å²) >= 11 is 0. The zero-order valence-corrected chi connectivity index (χ0v) is 13.7. The number of halogens is 2. The number of nitrogens with zero attached hydrogens (tertiary/aromatic N) is 3. The van der Waals surface area contributed by atoms with E-state index in [9.17, 15) is 8.78 Å². The molecule has 25 heavy (non-hydrogen) atoms. The van der Waals surface area contributed by atoms with Gasteiger partial charge in [0.2, 0.25) is 6.35 Å². The Kier molecular flexibility index (Phi) is 3.85. The normalized spacial score (nSPS) is 17.4. The molecule has 1 aromatic carbocycles. The number of nitrogens with one attached hydrogen (secondary N) is 1. The molecule has 1 aliphatic rings. The number of fused-ring (bicyclic) bond motifs is 1. The zero-order chi connectivity index (χ0) is 17.6. The number of aromatic nitrogens is 3. The van der Waals surface area contributed by atoms with E-state index in [0.29, 0.717) is 46.9 Å². The van der Waals surface area contributed by atoms with Crippen molar-refractivity contribution in [2.45, 2.75) is 13.3 Å². The summed E-state index contributed by atoms with van der Waals surface area (Å²) in [6.45, 7) is 2.99. The Morgan fingerprint density at radius 1 is 1.28 bits per heavy atom. The fraction of sp³-hybridized carbons (Fsp3) is 0.294. The predicted molar refractivity (Wildman–Crippen MR) is 87.2 cm³/mol. The second-order valence-electron chi connectivity index (χ2n) is 5.74. The second kappa shape index (κ2) is 6.05. The first kappa shape index (κ1) is 15.9. The van der Waals surface area contributed by atoms with Crippen molar-refractivity contribution in [3.8, 4) is 17.1 Å². The fourth-order valence-electron chi connectivity index (χ4n) is 2.96. The second-order valence-corrected chi connectivity index (χ2v) is 5.74. The third-order valence-electron chi connectivity index (χ3n) is 4.17. The SMILES string of the molecule is COc1ccc(-c2nn(C3NCCO3)c3cc(F)c(F)cc23)nc1C. The van der Waals surface area contributed by atoms with Gasteiger partial charge in [-0.15, -0.1) is 0 Å². The third-order valence-corrected chi connectivity index (χ3v) is 4.17. The van der Waals surface area contributed by atoms with Crippen molar-refractivity contribution in [3.63, 3.8) is 0 Å². The first-order valence-corrected chi connectivity index (χ1v) is 7.82. The van der Waals surface area contributed by atoms with Crippen LogP contribution >= 0.6 is 0 Å². The van der Waals surface area contributed by atoms with Crippen molar-refractivity contribution in [2.24, 2.45) is 0 Å². The van der Waals surface area contributed by atoms with E-state index >= 15 is 0 Å². The maximum absolute atomic E-state index is 13.8. The van der Waals surface area contributed by atoms with E-state index in [0.717, 1.165) is 12.1 Å². The summed E-state index contributed by atoms with van der Waals surface area (Å²) in [6, 6.07) is 5.77. The summed E-state index contributed by atoms with van der Waals surface area (Å²) < 4.78 is 39.9. The van der Waals surface area contributed by atoms with Crippen LogP contribution in [0.5, 0.6) is 5.75 Å². The Morgan fingerprint density at radius 3 is 2.76 bits per heavy atom. The molecule has 1 fully saturated rings. The van der Waals surface area contributed by atoms with Crippen LogP contribution in [-0.2, 0) is 4.74 Å². The molecule has 8 heteroatoms. The average molecular weight is 346 g/mol. The van der Waals surface area contributed by atoms with E-state index in [4.69, 9.17) is 9.47 Å². The summed E-state index contributed by atoms with van der Waals surface area (Å²) in [6.07, 6.45) is -0.527. The lowest BCUT2D eigenvalue weighted by molar-refractivity contribution is 0.0381.